The fourth-order valence-corrected chi connectivity index (χ4v) is 2.11. The van der Waals surface area contributed by atoms with Gasteiger partial charge in [-0.1, -0.05) is 13.8 Å². The van der Waals surface area contributed by atoms with Crippen molar-refractivity contribution in [3.8, 4) is 0 Å². The summed E-state index contributed by atoms with van der Waals surface area (Å²) in [5, 5.41) is 0. The van der Waals surface area contributed by atoms with Gasteiger partial charge in [0.25, 0.3) is 0 Å². The van der Waals surface area contributed by atoms with Crippen molar-refractivity contribution in [1.29, 1.82) is 0 Å². The maximum atomic E-state index is 12.4. The molecule has 0 unspecified atom stereocenters. The third kappa shape index (κ3) is 3.21. The largest absolute Gasteiger partial charge is 0.469 e. The molecule has 1 aromatic heterocycles. The number of hydrogen-bond donors (Lipinski definition) is 0. The highest BCUT2D eigenvalue weighted by Gasteiger charge is 2.52. The molecule has 0 aliphatic carbocycles. The molecule has 0 radical (unpaired) electrons. The summed E-state index contributed by atoms with van der Waals surface area (Å²) < 4.78 is 15.5. The third-order valence-electron chi connectivity index (χ3n) is 3.30. The van der Waals surface area contributed by atoms with Gasteiger partial charge in [0.1, 0.15) is 5.76 Å². The lowest BCUT2D eigenvalue weighted by Gasteiger charge is -2.31. The molecule has 0 fully saturated rings. The van der Waals surface area contributed by atoms with Gasteiger partial charge in [0.15, 0.2) is 5.41 Å². The minimum Gasteiger partial charge on any atom is -0.469 e. The first kappa shape index (κ1) is 16.3. The number of carbonyl (C=O) groups excluding carboxylic acids is 2. The quantitative estimate of drug-likeness (QED) is 0.568. The summed E-state index contributed by atoms with van der Waals surface area (Å²) in [7, 11) is 0. The molecule has 1 heterocycles. The zero-order chi connectivity index (χ0) is 15.2. The monoisotopic (exact) mass is 282 g/mol. The fraction of sp³-hybridized carbons (Fsp3) is 0.600. The number of ether oxygens (including phenoxy) is 2. The molecule has 1 aromatic rings. The van der Waals surface area contributed by atoms with E-state index >= 15 is 0 Å². The Hall–Kier alpha value is -1.78. The highest BCUT2D eigenvalue weighted by atomic mass is 16.6. The predicted octanol–water partition coefficient (Wildman–Crippen LogP) is 2.59. The van der Waals surface area contributed by atoms with Gasteiger partial charge in [-0.3, -0.25) is 9.59 Å². The van der Waals surface area contributed by atoms with Gasteiger partial charge < -0.3 is 13.9 Å². The lowest BCUT2D eigenvalue weighted by molar-refractivity contribution is -0.176. The zero-order valence-corrected chi connectivity index (χ0v) is 12.5. The average Bonchev–Trinajstić information content (AvgIpc) is 2.88. The van der Waals surface area contributed by atoms with Crippen LogP contribution in [-0.4, -0.2) is 25.2 Å². The van der Waals surface area contributed by atoms with Crippen LogP contribution in [0.3, 0.4) is 0 Å². The van der Waals surface area contributed by atoms with Crippen molar-refractivity contribution in [2.45, 2.75) is 34.1 Å². The molecule has 0 saturated heterocycles. The molecule has 0 saturated carbocycles. The Balaban J connectivity index is 3.18. The molecule has 112 valence electrons. The molecule has 0 aliphatic heterocycles. The van der Waals surface area contributed by atoms with Gasteiger partial charge in [0.05, 0.1) is 19.5 Å². The summed E-state index contributed by atoms with van der Waals surface area (Å²) >= 11 is 0. The maximum absolute atomic E-state index is 12.4. The second-order valence-corrected chi connectivity index (χ2v) is 4.82. The number of hydrogen-bond acceptors (Lipinski definition) is 5. The first-order valence-electron chi connectivity index (χ1n) is 6.85. The van der Waals surface area contributed by atoms with E-state index in [-0.39, 0.29) is 25.6 Å². The van der Waals surface area contributed by atoms with E-state index in [2.05, 4.69) is 0 Å². The summed E-state index contributed by atoms with van der Waals surface area (Å²) in [5.41, 5.74) is -1.37. The van der Waals surface area contributed by atoms with Crippen LogP contribution < -0.4 is 0 Å². The van der Waals surface area contributed by atoms with Crippen LogP contribution in [0.2, 0.25) is 0 Å². The lowest BCUT2D eigenvalue weighted by atomic mass is 9.73. The van der Waals surface area contributed by atoms with E-state index in [4.69, 9.17) is 13.9 Å². The Labute approximate surface area is 119 Å². The van der Waals surface area contributed by atoms with E-state index in [0.717, 1.165) is 0 Å². The van der Waals surface area contributed by atoms with Crippen molar-refractivity contribution >= 4 is 11.9 Å². The van der Waals surface area contributed by atoms with E-state index < -0.39 is 17.4 Å². The van der Waals surface area contributed by atoms with Crippen molar-refractivity contribution in [2.24, 2.45) is 11.3 Å². The minimum atomic E-state index is -1.37. The molecule has 0 spiro atoms. The van der Waals surface area contributed by atoms with Gasteiger partial charge in [-0.2, -0.15) is 0 Å². The zero-order valence-electron chi connectivity index (χ0n) is 12.5. The van der Waals surface area contributed by atoms with Crippen molar-refractivity contribution in [2.75, 3.05) is 13.2 Å². The molecule has 1 rings (SSSR count). The molecule has 0 N–H and O–H groups in total. The van der Waals surface area contributed by atoms with Crippen LogP contribution in [0.1, 0.15) is 33.5 Å². The molecule has 5 heteroatoms. The van der Waals surface area contributed by atoms with Gasteiger partial charge in [-0.05, 0) is 31.9 Å². The van der Waals surface area contributed by atoms with Gasteiger partial charge in [-0.25, -0.2) is 0 Å². The second-order valence-electron chi connectivity index (χ2n) is 4.82. The smallest absolute Gasteiger partial charge is 0.324 e. The summed E-state index contributed by atoms with van der Waals surface area (Å²) in [6.45, 7) is 7.45. The molecular formula is C15H22O5. The summed E-state index contributed by atoms with van der Waals surface area (Å²) in [4.78, 5) is 24.8. The molecule has 0 amide bonds. The Morgan fingerprint density at radius 1 is 1.20 bits per heavy atom. The normalized spacial score (nSPS) is 11.4. The number of esters is 2. The topological polar surface area (TPSA) is 65.7 Å². The number of carbonyl (C=O) groups is 2. The van der Waals surface area contributed by atoms with Crippen LogP contribution in [-0.2, 0) is 25.5 Å². The molecule has 0 atom stereocenters. The fourth-order valence-electron chi connectivity index (χ4n) is 2.11. The Bertz CT molecular complexity index is 415. The Morgan fingerprint density at radius 3 is 2.10 bits per heavy atom. The highest BCUT2D eigenvalue weighted by Crippen LogP contribution is 2.35. The molecule has 20 heavy (non-hydrogen) atoms. The lowest BCUT2D eigenvalue weighted by Crippen LogP contribution is -2.48. The Morgan fingerprint density at radius 2 is 1.75 bits per heavy atom. The molecule has 5 nitrogen and oxygen atoms in total. The first-order valence-corrected chi connectivity index (χ1v) is 6.85. The second kappa shape index (κ2) is 7.12. The number of furan rings is 1. The van der Waals surface area contributed by atoms with E-state index in [1.807, 2.05) is 0 Å². The van der Waals surface area contributed by atoms with Crippen LogP contribution in [0.5, 0.6) is 0 Å². The van der Waals surface area contributed by atoms with Crippen molar-refractivity contribution in [1.82, 2.24) is 0 Å². The van der Waals surface area contributed by atoms with Gasteiger partial charge >= 0.3 is 11.9 Å². The SMILES string of the molecule is CCOC(=O)C(Cc1ccco1)(C(=O)OCC)C(C)C. The van der Waals surface area contributed by atoms with Crippen LogP contribution in [0.4, 0.5) is 0 Å². The van der Waals surface area contributed by atoms with Crippen molar-refractivity contribution < 1.29 is 23.5 Å². The summed E-state index contributed by atoms with van der Waals surface area (Å²) in [6.07, 6.45) is 1.64. The van der Waals surface area contributed by atoms with Crippen LogP contribution in [0, 0.1) is 11.3 Å². The Kier molecular flexibility index (Phi) is 5.80. The van der Waals surface area contributed by atoms with E-state index in [1.54, 1.807) is 39.8 Å². The van der Waals surface area contributed by atoms with Gasteiger partial charge in [0.2, 0.25) is 0 Å². The predicted molar refractivity (Wildman–Crippen MR) is 72.9 cm³/mol. The summed E-state index contributed by atoms with van der Waals surface area (Å²) in [5.74, 6) is -0.847. The van der Waals surface area contributed by atoms with Gasteiger partial charge in [-0.15, -0.1) is 0 Å². The van der Waals surface area contributed by atoms with Crippen molar-refractivity contribution in [3.05, 3.63) is 24.2 Å². The standard InChI is InChI=1S/C15H22O5/c1-5-18-13(16)15(11(3)4,14(17)19-6-2)10-12-8-7-9-20-12/h7-9,11H,5-6,10H2,1-4H3. The molecular weight excluding hydrogens is 260 g/mol. The van der Waals surface area contributed by atoms with Crippen molar-refractivity contribution in [3.63, 3.8) is 0 Å². The molecule has 0 bridgehead atoms. The van der Waals surface area contributed by atoms with Gasteiger partial charge in [0, 0.05) is 6.42 Å². The van der Waals surface area contributed by atoms with Crippen LogP contribution >= 0.6 is 0 Å². The minimum absolute atomic E-state index is 0.134. The van der Waals surface area contributed by atoms with Crippen LogP contribution in [0.15, 0.2) is 22.8 Å². The van der Waals surface area contributed by atoms with Crippen LogP contribution in [0.25, 0.3) is 0 Å². The average molecular weight is 282 g/mol. The molecule has 0 aliphatic rings. The van der Waals surface area contributed by atoms with E-state index in [1.165, 1.54) is 6.26 Å². The molecule has 0 aromatic carbocycles. The van der Waals surface area contributed by atoms with E-state index in [9.17, 15) is 9.59 Å². The van der Waals surface area contributed by atoms with E-state index in [0.29, 0.717) is 5.76 Å². The first-order chi connectivity index (χ1) is 9.48. The highest BCUT2D eigenvalue weighted by molar-refractivity contribution is 6.00. The number of rotatable bonds is 7. The maximum Gasteiger partial charge on any atom is 0.324 e. The third-order valence-corrected chi connectivity index (χ3v) is 3.30. The summed E-state index contributed by atoms with van der Waals surface area (Å²) in [6, 6.07) is 3.45.